The van der Waals surface area contributed by atoms with E-state index in [1.54, 1.807) is 0 Å². The van der Waals surface area contributed by atoms with E-state index in [4.69, 9.17) is 5.73 Å². The lowest BCUT2D eigenvalue weighted by Crippen LogP contribution is -2.35. The second-order valence-electron chi connectivity index (χ2n) is 6.92. The van der Waals surface area contributed by atoms with E-state index in [1.807, 2.05) is 0 Å². The highest BCUT2D eigenvalue weighted by atomic mass is 32.1. The van der Waals surface area contributed by atoms with E-state index in [9.17, 15) is 22.8 Å². The number of carbonyl (C=O) groups excluding carboxylic acids is 2. The Kier molecular flexibility index (Phi) is 5.49. The molecule has 0 atom stereocenters. The van der Waals surface area contributed by atoms with Crippen molar-refractivity contribution in [3.05, 3.63) is 51.4 Å². The molecule has 3 rings (SSSR count). The van der Waals surface area contributed by atoms with Gasteiger partial charge in [0.1, 0.15) is 5.00 Å². The third-order valence-electron chi connectivity index (χ3n) is 4.74. The van der Waals surface area contributed by atoms with E-state index in [2.05, 4.69) is 24.1 Å². The molecule has 9 heteroatoms. The van der Waals surface area contributed by atoms with E-state index in [0.29, 0.717) is 19.0 Å². The highest BCUT2D eigenvalue weighted by Gasteiger charge is 2.32. The zero-order valence-corrected chi connectivity index (χ0v) is 16.2. The molecule has 1 aliphatic rings. The molecule has 2 heterocycles. The quantitative estimate of drug-likeness (QED) is 0.802. The number of thiophene rings is 1. The molecule has 2 amide bonds. The number of carbonyl (C=O) groups is 2. The van der Waals surface area contributed by atoms with E-state index in [-0.39, 0.29) is 16.1 Å². The van der Waals surface area contributed by atoms with Gasteiger partial charge in [-0.15, -0.1) is 11.3 Å². The number of nitrogens with two attached hydrogens (primary N) is 1. The number of anilines is 1. The SMILES string of the molecule is CC(C)N1CCc2c(sc(NC(=O)c3cccc(C(F)(F)F)c3)c2C(N)=O)C1. The predicted octanol–water partition coefficient (Wildman–Crippen LogP) is 3.88. The number of hydrogen-bond acceptors (Lipinski definition) is 4. The number of alkyl halides is 3. The normalized spacial score (nSPS) is 14.8. The summed E-state index contributed by atoms with van der Waals surface area (Å²) in [7, 11) is 0. The number of rotatable bonds is 4. The summed E-state index contributed by atoms with van der Waals surface area (Å²) in [5.74, 6) is -1.37. The van der Waals surface area contributed by atoms with Crippen molar-refractivity contribution in [3.8, 4) is 0 Å². The Morgan fingerprint density at radius 3 is 2.61 bits per heavy atom. The summed E-state index contributed by atoms with van der Waals surface area (Å²) in [5, 5.41) is 2.86. The fourth-order valence-corrected chi connectivity index (χ4v) is 4.50. The number of amides is 2. The standard InChI is InChI=1S/C19H20F3N3O2S/c1-10(2)25-7-6-13-14(9-25)28-18(15(13)16(23)26)24-17(27)11-4-3-5-12(8-11)19(20,21)22/h3-5,8,10H,6-7,9H2,1-2H3,(H2,23,26)(H,24,27). The van der Waals surface area contributed by atoms with Gasteiger partial charge in [0.05, 0.1) is 11.1 Å². The van der Waals surface area contributed by atoms with Gasteiger partial charge in [-0.1, -0.05) is 6.07 Å². The number of benzene rings is 1. The minimum atomic E-state index is -4.54. The van der Waals surface area contributed by atoms with Gasteiger partial charge in [0.25, 0.3) is 11.8 Å². The first kappa shape index (κ1) is 20.3. The van der Waals surface area contributed by atoms with Crippen molar-refractivity contribution in [3.63, 3.8) is 0 Å². The topological polar surface area (TPSA) is 75.4 Å². The Morgan fingerprint density at radius 2 is 2.00 bits per heavy atom. The number of halogens is 3. The molecule has 0 saturated carbocycles. The molecule has 1 aromatic carbocycles. The summed E-state index contributed by atoms with van der Waals surface area (Å²) in [6, 6.07) is 4.48. The molecule has 0 fully saturated rings. The smallest absolute Gasteiger partial charge is 0.365 e. The van der Waals surface area contributed by atoms with Crippen LogP contribution in [0.3, 0.4) is 0 Å². The third-order valence-corrected chi connectivity index (χ3v) is 5.87. The van der Waals surface area contributed by atoms with Gasteiger partial charge in [-0.3, -0.25) is 14.5 Å². The van der Waals surface area contributed by atoms with Gasteiger partial charge in [0.15, 0.2) is 0 Å². The molecular formula is C19H20F3N3O2S. The van der Waals surface area contributed by atoms with E-state index in [0.717, 1.165) is 29.1 Å². The van der Waals surface area contributed by atoms with Crippen LogP contribution in [0.4, 0.5) is 18.2 Å². The van der Waals surface area contributed by atoms with Crippen LogP contribution in [0.1, 0.15) is 50.6 Å². The highest BCUT2D eigenvalue weighted by molar-refractivity contribution is 7.17. The third kappa shape index (κ3) is 4.05. The second-order valence-corrected chi connectivity index (χ2v) is 8.02. The van der Waals surface area contributed by atoms with Crippen LogP contribution in [0, 0.1) is 0 Å². The number of nitrogens with zero attached hydrogens (tertiary/aromatic N) is 1. The van der Waals surface area contributed by atoms with Crippen molar-refractivity contribution in [1.82, 2.24) is 4.90 Å². The molecule has 0 saturated heterocycles. The molecule has 5 nitrogen and oxygen atoms in total. The van der Waals surface area contributed by atoms with E-state index in [1.165, 1.54) is 23.5 Å². The Hall–Kier alpha value is -2.39. The summed E-state index contributed by atoms with van der Waals surface area (Å²) >= 11 is 1.25. The summed E-state index contributed by atoms with van der Waals surface area (Å²) in [6.07, 6.45) is -3.92. The zero-order valence-electron chi connectivity index (χ0n) is 15.4. The van der Waals surface area contributed by atoms with Crippen LogP contribution in [0.25, 0.3) is 0 Å². The minimum Gasteiger partial charge on any atom is -0.365 e. The first-order chi connectivity index (χ1) is 13.1. The van der Waals surface area contributed by atoms with Gasteiger partial charge in [0, 0.05) is 29.6 Å². The molecule has 0 radical (unpaired) electrons. The molecule has 0 unspecified atom stereocenters. The van der Waals surface area contributed by atoms with Gasteiger partial charge in [-0.05, 0) is 44.0 Å². The van der Waals surface area contributed by atoms with Crippen LogP contribution in [0.2, 0.25) is 0 Å². The lowest BCUT2D eigenvalue weighted by Gasteiger charge is -2.30. The molecule has 1 aromatic heterocycles. The first-order valence-electron chi connectivity index (χ1n) is 8.75. The average molecular weight is 411 g/mol. The predicted molar refractivity (Wildman–Crippen MR) is 101 cm³/mol. The summed E-state index contributed by atoms with van der Waals surface area (Å²) in [6.45, 7) is 5.55. The molecule has 0 spiro atoms. The van der Waals surface area contributed by atoms with Crippen LogP contribution in [-0.4, -0.2) is 29.3 Å². The number of nitrogens with one attached hydrogen (secondary N) is 1. The van der Waals surface area contributed by atoms with Crippen molar-refractivity contribution in [2.45, 2.75) is 39.0 Å². The molecule has 3 N–H and O–H groups in total. The van der Waals surface area contributed by atoms with Gasteiger partial charge in [-0.25, -0.2) is 0 Å². The fraction of sp³-hybridized carbons (Fsp3) is 0.368. The molecule has 0 bridgehead atoms. The maximum atomic E-state index is 12.9. The van der Waals surface area contributed by atoms with E-state index < -0.39 is 23.6 Å². The Bertz CT molecular complexity index is 922. The molecule has 0 aliphatic carbocycles. The largest absolute Gasteiger partial charge is 0.416 e. The van der Waals surface area contributed by atoms with Crippen LogP contribution < -0.4 is 11.1 Å². The summed E-state index contributed by atoms with van der Waals surface area (Å²) in [4.78, 5) is 27.7. The van der Waals surface area contributed by atoms with E-state index >= 15 is 0 Å². The number of hydrogen-bond donors (Lipinski definition) is 2. The maximum Gasteiger partial charge on any atom is 0.416 e. The molecule has 2 aromatic rings. The van der Waals surface area contributed by atoms with Crippen molar-refractivity contribution in [2.24, 2.45) is 5.73 Å². The molecule has 28 heavy (non-hydrogen) atoms. The molecule has 150 valence electrons. The summed E-state index contributed by atoms with van der Waals surface area (Å²) in [5.41, 5.74) is 5.55. The highest BCUT2D eigenvalue weighted by Crippen LogP contribution is 2.38. The minimum absolute atomic E-state index is 0.138. The van der Waals surface area contributed by atoms with Crippen molar-refractivity contribution in [2.75, 3.05) is 11.9 Å². The Morgan fingerprint density at radius 1 is 1.29 bits per heavy atom. The average Bonchev–Trinajstić information content (AvgIpc) is 2.98. The fourth-order valence-electron chi connectivity index (χ4n) is 3.22. The Labute approximate surface area is 164 Å². The monoisotopic (exact) mass is 411 g/mol. The van der Waals surface area contributed by atoms with Crippen LogP contribution >= 0.6 is 11.3 Å². The first-order valence-corrected chi connectivity index (χ1v) is 9.56. The molecule has 1 aliphatic heterocycles. The summed E-state index contributed by atoms with van der Waals surface area (Å²) < 4.78 is 38.7. The van der Waals surface area contributed by atoms with Gasteiger partial charge >= 0.3 is 6.18 Å². The lowest BCUT2D eigenvalue weighted by molar-refractivity contribution is -0.137. The van der Waals surface area contributed by atoms with Crippen LogP contribution in [0.5, 0.6) is 0 Å². The number of primary amides is 1. The second kappa shape index (κ2) is 7.56. The lowest BCUT2D eigenvalue weighted by atomic mass is 10.0. The molecular weight excluding hydrogens is 391 g/mol. The van der Waals surface area contributed by atoms with Crippen LogP contribution in [-0.2, 0) is 19.1 Å². The van der Waals surface area contributed by atoms with Crippen molar-refractivity contribution >= 4 is 28.2 Å². The maximum absolute atomic E-state index is 12.9. The zero-order chi connectivity index (χ0) is 20.6. The number of fused-ring (bicyclic) bond motifs is 1. The van der Waals surface area contributed by atoms with Gasteiger partial charge in [-0.2, -0.15) is 13.2 Å². The van der Waals surface area contributed by atoms with Crippen molar-refractivity contribution < 1.29 is 22.8 Å². The van der Waals surface area contributed by atoms with Gasteiger partial charge in [0.2, 0.25) is 0 Å². The van der Waals surface area contributed by atoms with Crippen molar-refractivity contribution in [1.29, 1.82) is 0 Å². The Balaban J connectivity index is 1.91. The van der Waals surface area contributed by atoms with Gasteiger partial charge < -0.3 is 11.1 Å². The van der Waals surface area contributed by atoms with Crippen LogP contribution in [0.15, 0.2) is 24.3 Å².